The van der Waals surface area contributed by atoms with Crippen molar-refractivity contribution in [2.45, 2.75) is 19.4 Å². The molecule has 0 radical (unpaired) electrons. The van der Waals surface area contributed by atoms with E-state index in [1.165, 1.54) is 12.1 Å². The number of esters is 1. The van der Waals surface area contributed by atoms with Gasteiger partial charge in [-0.3, -0.25) is 14.9 Å². The predicted octanol–water partition coefficient (Wildman–Crippen LogP) is 1.29. The van der Waals surface area contributed by atoms with E-state index < -0.39 is 11.0 Å². The largest absolute Gasteiger partial charge is 0.465 e. The maximum atomic E-state index is 11.6. The van der Waals surface area contributed by atoms with Gasteiger partial charge >= 0.3 is 5.97 Å². The van der Waals surface area contributed by atoms with Crippen LogP contribution in [0, 0.1) is 10.1 Å². The van der Waals surface area contributed by atoms with Crippen LogP contribution in [0.1, 0.15) is 12.5 Å². The number of benzene rings is 1. The van der Waals surface area contributed by atoms with Crippen LogP contribution in [0.2, 0.25) is 0 Å². The Morgan fingerprint density at radius 1 is 1.44 bits per heavy atom. The zero-order valence-corrected chi connectivity index (χ0v) is 10.4. The van der Waals surface area contributed by atoms with Gasteiger partial charge in [-0.05, 0) is 26.0 Å². The molecule has 6 nitrogen and oxygen atoms in total. The lowest BCUT2D eigenvalue weighted by molar-refractivity contribution is -0.384. The van der Waals surface area contributed by atoms with Crippen molar-refractivity contribution in [3.8, 4) is 0 Å². The predicted molar refractivity (Wildman–Crippen MR) is 66.3 cm³/mol. The van der Waals surface area contributed by atoms with E-state index in [-0.39, 0.29) is 11.7 Å². The fourth-order valence-electron chi connectivity index (χ4n) is 1.54. The van der Waals surface area contributed by atoms with E-state index in [1.807, 2.05) is 0 Å². The molecular formula is C12H16N2O4. The van der Waals surface area contributed by atoms with E-state index in [9.17, 15) is 14.9 Å². The molecule has 0 unspecified atom stereocenters. The van der Waals surface area contributed by atoms with Crippen LogP contribution >= 0.6 is 0 Å². The quantitative estimate of drug-likeness (QED) is 0.468. The van der Waals surface area contributed by atoms with Gasteiger partial charge in [0.2, 0.25) is 0 Å². The van der Waals surface area contributed by atoms with Crippen LogP contribution in [0.3, 0.4) is 0 Å². The Morgan fingerprint density at radius 2 is 2.06 bits per heavy atom. The van der Waals surface area contributed by atoms with Crippen molar-refractivity contribution in [2.75, 3.05) is 13.7 Å². The molecular weight excluding hydrogens is 236 g/mol. The summed E-state index contributed by atoms with van der Waals surface area (Å²) < 4.78 is 4.92. The highest BCUT2D eigenvalue weighted by molar-refractivity contribution is 5.76. The summed E-state index contributed by atoms with van der Waals surface area (Å²) in [7, 11) is 1.67. The summed E-state index contributed by atoms with van der Waals surface area (Å²) in [4.78, 5) is 21.6. The number of ether oxygens (including phenoxy) is 1. The monoisotopic (exact) mass is 252 g/mol. The molecule has 1 N–H and O–H groups in total. The third kappa shape index (κ3) is 3.81. The second-order valence-corrected chi connectivity index (χ2v) is 3.72. The molecule has 0 heterocycles. The number of carbonyl (C=O) groups is 1. The first-order chi connectivity index (χ1) is 8.58. The van der Waals surface area contributed by atoms with Crippen LogP contribution in [-0.4, -0.2) is 30.6 Å². The Balaban J connectivity index is 2.70. The second kappa shape index (κ2) is 6.70. The van der Waals surface area contributed by atoms with Crippen LogP contribution < -0.4 is 5.32 Å². The SMILES string of the molecule is CCOC(=O)[C@H](Cc1ccc([N+](=O)[O-])cc1)NC. The lowest BCUT2D eigenvalue weighted by Crippen LogP contribution is -2.37. The maximum absolute atomic E-state index is 11.6. The number of non-ortho nitro benzene ring substituents is 1. The van der Waals surface area contributed by atoms with Crippen molar-refractivity contribution in [1.29, 1.82) is 0 Å². The molecule has 1 aromatic rings. The highest BCUT2D eigenvalue weighted by Crippen LogP contribution is 2.13. The van der Waals surface area contributed by atoms with Crippen molar-refractivity contribution >= 4 is 11.7 Å². The van der Waals surface area contributed by atoms with Crippen LogP contribution in [0.5, 0.6) is 0 Å². The third-order valence-electron chi connectivity index (χ3n) is 2.51. The second-order valence-electron chi connectivity index (χ2n) is 3.72. The molecule has 0 saturated carbocycles. The number of nitro groups is 1. The van der Waals surface area contributed by atoms with Gasteiger partial charge in [0.15, 0.2) is 0 Å². The van der Waals surface area contributed by atoms with Crippen molar-refractivity contribution in [2.24, 2.45) is 0 Å². The summed E-state index contributed by atoms with van der Waals surface area (Å²) in [6.07, 6.45) is 0.438. The average Bonchev–Trinajstić information content (AvgIpc) is 2.36. The third-order valence-corrected chi connectivity index (χ3v) is 2.51. The molecule has 0 aliphatic rings. The molecule has 98 valence electrons. The van der Waals surface area contributed by atoms with Crippen molar-refractivity contribution < 1.29 is 14.5 Å². The minimum atomic E-state index is -0.454. The van der Waals surface area contributed by atoms with Crippen LogP contribution in [0.25, 0.3) is 0 Å². The molecule has 0 fully saturated rings. The molecule has 0 saturated heterocycles. The Kier molecular flexibility index (Phi) is 5.26. The van der Waals surface area contributed by atoms with E-state index in [0.29, 0.717) is 13.0 Å². The van der Waals surface area contributed by atoms with Gasteiger partial charge < -0.3 is 10.1 Å². The number of hydrogen-bond donors (Lipinski definition) is 1. The topological polar surface area (TPSA) is 81.5 Å². The van der Waals surface area contributed by atoms with Gasteiger partial charge in [0.25, 0.3) is 5.69 Å². The number of rotatable bonds is 6. The molecule has 1 atom stereocenters. The minimum Gasteiger partial charge on any atom is -0.465 e. The highest BCUT2D eigenvalue weighted by atomic mass is 16.6. The van der Waals surface area contributed by atoms with E-state index in [4.69, 9.17) is 4.74 Å². The first-order valence-corrected chi connectivity index (χ1v) is 5.65. The fraction of sp³-hybridized carbons (Fsp3) is 0.417. The van der Waals surface area contributed by atoms with Gasteiger partial charge in [-0.25, -0.2) is 0 Å². The highest BCUT2D eigenvalue weighted by Gasteiger charge is 2.18. The zero-order valence-electron chi connectivity index (χ0n) is 10.4. The van der Waals surface area contributed by atoms with Gasteiger partial charge in [-0.15, -0.1) is 0 Å². The number of nitrogens with zero attached hydrogens (tertiary/aromatic N) is 1. The van der Waals surface area contributed by atoms with Crippen LogP contribution in [-0.2, 0) is 16.0 Å². The number of carbonyl (C=O) groups excluding carboxylic acids is 1. The van der Waals surface area contributed by atoms with E-state index in [1.54, 1.807) is 26.1 Å². The smallest absolute Gasteiger partial charge is 0.323 e. The molecule has 6 heteroatoms. The van der Waals surface area contributed by atoms with Crippen LogP contribution in [0.15, 0.2) is 24.3 Å². The summed E-state index contributed by atoms with van der Waals surface area (Å²) in [5.41, 5.74) is 0.879. The van der Waals surface area contributed by atoms with E-state index in [0.717, 1.165) is 5.56 Å². The Morgan fingerprint density at radius 3 is 2.50 bits per heavy atom. The van der Waals surface area contributed by atoms with E-state index >= 15 is 0 Å². The molecule has 0 spiro atoms. The zero-order chi connectivity index (χ0) is 13.5. The van der Waals surface area contributed by atoms with Gasteiger partial charge in [-0.2, -0.15) is 0 Å². The van der Waals surface area contributed by atoms with Gasteiger partial charge in [-0.1, -0.05) is 12.1 Å². The Bertz CT molecular complexity index is 417. The summed E-state index contributed by atoms with van der Waals surface area (Å²) >= 11 is 0. The van der Waals surface area contributed by atoms with Crippen LogP contribution in [0.4, 0.5) is 5.69 Å². The number of nitro benzene ring substituents is 1. The molecule has 0 aliphatic carbocycles. The first kappa shape index (κ1) is 14.1. The van der Waals surface area contributed by atoms with Crippen molar-refractivity contribution in [3.63, 3.8) is 0 Å². The minimum absolute atomic E-state index is 0.0379. The summed E-state index contributed by atoms with van der Waals surface area (Å²) in [6, 6.07) is 5.69. The summed E-state index contributed by atoms with van der Waals surface area (Å²) in [5, 5.41) is 13.4. The Hall–Kier alpha value is -1.95. The van der Waals surface area contributed by atoms with Crippen molar-refractivity contribution in [3.05, 3.63) is 39.9 Å². The Labute approximate surface area is 105 Å². The number of hydrogen-bond acceptors (Lipinski definition) is 5. The van der Waals surface area contributed by atoms with E-state index in [2.05, 4.69) is 5.32 Å². The fourth-order valence-corrected chi connectivity index (χ4v) is 1.54. The summed E-state index contributed by atoms with van der Waals surface area (Å²) in [6.45, 7) is 2.08. The molecule has 1 aromatic carbocycles. The number of nitrogens with one attached hydrogen (secondary N) is 1. The molecule has 0 bridgehead atoms. The molecule has 1 rings (SSSR count). The van der Waals surface area contributed by atoms with Crippen molar-refractivity contribution in [1.82, 2.24) is 5.32 Å². The standard InChI is InChI=1S/C12H16N2O4/c1-3-18-12(15)11(13-2)8-9-4-6-10(7-5-9)14(16)17/h4-7,11,13H,3,8H2,1-2H3/t11-/m0/s1. The number of likely N-dealkylation sites (N-methyl/N-ethyl adjacent to an activating group) is 1. The maximum Gasteiger partial charge on any atom is 0.323 e. The molecule has 0 aromatic heterocycles. The average molecular weight is 252 g/mol. The summed E-state index contributed by atoms with van der Waals surface area (Å²) in [5.74, 6) is -0.321. The van der Waals surface area contributed by atoms with Gasteiger partial charge in [0.1, 0.15) is 6.04 Å². The molecule has 0 aliphatic heterocycles. The lowest BCUT2D eigenvalue weighted by atomic mass is 10.1. The normalized spacial score (nSPS) is 11.9. The molecule has 18 heavy (non-hydrogen) atoms. The molecule has 0 amide bonds. The lowest BCUT2D eigenvalue weighted by Gasteiger charge is -2.14. The van der Waals surface area contributed by atoms with Gasteiger partial charge in [0, 0.05) is 12.1 Å². The first-order valence-electron chi connectivity index (χ1n) is 5.65. The van der Waals surface area contributed by atoms with Gasteiger partial charge in [0.05, 0.1) is 11.5 Å².